The lowest BCUT2D eigenvalue weighted by Crippen LogP contribution is -2.26. The summed E-state index contributed by atoms with van der Waals surface area (Å²) in [4.78, 5) is 18.3. The Morgan fingerprint density at radius 2 is 1.93 bits per heavy atom. The number of aromatic nitrogens is 2. The van der Waals surface area contributed by atoms with Crippen molar-refractivity contribution >= 4 is 33.2 Å². The van der Waals surface area contributed by atoms with Gasteiger partial charge in [0.2, 0.25) is 21.7 Å². The van der Waals surface area contributed by atoms with E-state index in [-0.39, 0.29) is 18.3 Å². The van der Waals surface area contributed by atoms with Crippen molar-refractivity contribution in [1.29, 1.82) is 0 Å². The molecule has 0 radical (unpaired) electrons. The maximum atomic E-state index is 12.6. The van der Waals surface area contributed by atoms with E-state index in [9.17, 15) is 13.2 Å². The summed E-state index contributed by atoms with van der Waals surface area (Å²) in [7, 11) is -1.84. The van der Waals surface area contributed by atoms with Crippen LogP contribution >= 0.6 is 11.6 Å². The third-order valence-electron chi connectivity index (χ3n) is 3.70. The van der Waals surface area contributed by atoms with E-state index < -0.39 is 10.0 Å². The summed E-state index contributed by atoms with van der Waals surface area (Å²) in [5.74, 6) is 0.349. The van der Waals surface area contributed by atoms with Gasteiger partial charge < -0.3 is 9.42 Å². The normalized spacial score (nSPS) is 11.2. The van der Waals surface area contributed by atoms with Gasteiger partial charge in [0.15, 0.2) is 0 Å². The van der Waals surface area contributed by atoms with Crippen LogP contribution in [0.4, 0.5) is 5.69 Å². The Labute approximate surface area is 167 Å². The highest BCUT2D eigenvalue weighted by molar-refractivity contribution is 7.92. The van der Waals surface area contributed by atoms with Gasteiger partial charge in [-0.15, -0.1) is 0 Å². The minimum atomic E-state index is -3.43. The molecule has 10 heteroatoms. The van der Waals surface area contributed by atoms with Gasteiger partial charge in [0.25, 0.3) is 5.91 Å². The minimum Gasteiger partial charge on any atom is -0.337 e. The number of carbonyl (C=O) groups is 1. The Kier molecular flexibility index (Phi) is 5.66. The summed E-state index contributed by atoms with van der Waals surface area (Å²) < 4.78 is 30.3. The summed E-state index contributed by atoms with van der Waals surface area (Å²) in [6.07, 6.45) is 1.04. The molecule has 0 aliphatic carbocycles. The van der Waals surface area contributed by atoms with Crippen molar-refractivity contribution in [2.24, 2.45) is 0 Å². The molecule has 0 saturated heterocycles. The standard InChI is InChI=1S/C18H17ClN4O4S/c1-23(18(24)13-4-3-5-15(10-13)22-28(2,25)26)11-16-20-17(21-27-16)12-6-8-14(19)9-7-12/h3-10,22H,11H2,1-2H3. The first-order valence-electron chi connectivity index (χ1n) is 8.13. The number of anilines is 1. The first-order chi connectivity index (χ1) is 13.2. The molecule has 8 nitrogen and oxygen atoms in total. The average Bonchev–Trinajstić information content (AvgIpc) is 3.09. The van der Waals surface area contributed by atoms with Crippen molar-refractivity contribution in [1.82, 2.24) is 15.0 Å². The molecule has 1 heterocycles. The lowest BCUT2D eigenvalue weighted by molar-refractivity contribution is 0.0769. The largest absolute Gasteiger partial charge is 0.337 e. The van der Waals surface area contributed by atoms with Gasteiger partial charge in [-0.3, -0.25) is 9.52 Å². The number of rotatable bonds is 6. The fourth-order valence-electron chi connectivity index (χ4n) is 2.46. The van der Waals surface area contributed by atoms with E-state index in [2.05, 4.69) is 14.9 Å². The van der Waals surface area contributed by atoms with Crippen LogP contribution in [0.2, 0.25) is 5.02 Å². The second-order valence-electron chi connectivity index (χ2n) is 6.13. The maximum absolute atomic E-state index is 12.6. The van der Waals surface area contributed by atoms with Gasteiger partial charge in [-0.25, -0.2) is 8.42 Å². The first-order valence-corrected chi connectivity index (χ1v) is 10.4. The molecule has 0 atom stereocenters. The molecule has 2 aromatic carbocycles. The Bertz CT molecular complexity index is 1100. The Balaban J connectivity index is 1.71. The number of hydrogen-bond donors (Lipinski definition) is 1. The molecule has 1 aromatic heterocycles. The van der Waals surface area contributed by atoms with Crippen molar-refractivity contribution in [3.63, 3.8) is 0 Å². The third kappa shape index (κ3) is 5.08. The van der Waals surface area contributed by atoms with Crippen molar-refractivity contribution in [3.8, 4) is 11.4 Å². The number of sulfonamides is 1. The number of carbonyl (C=O) groups excluding carboxylic acids is 1. The summed E-state index contributed by atoms with van der Waals surface area (Å²) in [6.45, 7) is 0.100. The van der Waals surface area contributed by atoms with Crippen LogP contribution in [-0.4, -0.2) is 42.7 Å². The molecule has 1 amide bonds. The zero-order valence-corrected chi connectivity index (χ0v) is 16.7. The summed E-state index contributed by atoms with van der Waals surface area (Å²) >= 11 is 5.87. The second-order valence-corrected chi connectivity index (χ2v) is 8.32. The molecular formula is C18H17ClN4O4S. The second kappa shape index (κ2) is 7.99. The molecule has 0 saturated carbocycles. The van der Waals surface area contributed by atoms with E-state index in [0.29, 0.717) is 22.1 Å². The van der Waals surface area contributed by atoms with Crippen LogP contribution in [0.1, 0.15) is 16.2 Å². The number of nitrogens with zero attached hydrogens (tertiary/aromatic N) is 3. The van der Waals surface area contributed by atoms with E-state index in [0.717, 1.165) is 11.8 Å². The number of benzene rings is 2. The maximum Gasteiger partial charge on any atom is 0.254 e. The van der Waals surface area contributed by atoms with Crippen LogP contribution in [-0.2, 0) is 16.6 Å². The Morgan fingerprint density at radius 1 is 1.21 bits per heavy atom. The zero-order chi connectivity index (χ0) is 20.3. The monoisotopic (exact) mass is 420 g/mol. The van der Waals surface area contributed by atoms with Crippen LogP contribution in [0.3, 0.4) is 0 Å². The molecule has 3 rings (SSSR count). The Hall–Kier alpha value is -2.91. The van der Waals surface area contributed by atoms with Gasteiger partial charge in [-0.1, -0.05) is 22.8 Å². The quantitative estimate of drug-likeness (QED) is 0.657. The molecule has 0 spiro atoms. The van der Waals surface area contributed by atoms with E-state index in [1.54, 1.807) is 49.5 Å². The van der Waals surface area contributed by atoms with Crippen LogP contribution in [0.25, 0.3) is 11.4 Å². The van der Waals surface area contributed by atoms with Gasteiger partial charge in [0, 0.05) is 28.9 Å². The molecule has 0 aliphatic heterocycles. The molecule has 3 aromatic rings. The van der Waals surface area contributed by atoms with E-state index >= 15 is 0 Å². The number of hydrogen-bond acceptors (Lipinski definition) is 6. The topological polar surface area (TPSA) is 105 Å². The molecule has 28 heavy (non-hydrogen) atoms. The van der Waals surface area contributed by atoms with E-state index in [1.807, 2.05) is 0 Å². The molecular weight excluding hydrogens is 404 g/mol. The van der Waals surface area contributed by atoms with Gasteiger partial charge in [-0.2, -0.15) is 4.98 Å². The summed E-state index contributed by atoms with van der Waals surface area (Å²) in [5, 5.41) is 4.51. The highest BCUT2D eigenvalue weighted by atomic mass is 35.5. The average molecular weight is 421 g/mol. The number of nitrogens with one attached hydrogen (secondary N) is 1. The van der Waals surface area contributed by atoms with E-state index in [1.165, 1.54) is 11.0 Å². The van der Waals surface area contributed by atoms with Crippen LogP contribution in [0, 0.1) is 0 Å². The minimum absolute atomic E-state index is 0.100. The molecule has 0 unspecified atom stereocenters. The van der Waals surface area contributed by atoms with Gasteiger partial charge in [0.1, 0.15) is 0 Å². The van der Waals surface area contributed by atoms with Gasteiger partial charge in [-0.05, 0) is 42.5 Å². The lowest BCUT2D eigenvalue weighted by atomic mass is 10.2. The summed E-state index contributed by atoms with van der Waals surface area (Å²) in [5.41, 5.74) is 1.38. The molecule has 0 fully saturated rings. The van der Waals surface area contributed by atoms with E-state index in [4.69, 9.17) is 16.1 Å². The first kappa shape index (κ1) is 19.8. The Morgan fingerprint density at radius 3 is 2.61 bits per heavy atom. The molecule has 1 N–H and O–H groups in total. The van der Waals surface area contributed by atoms with Crippen LogP contribution in [0.5, 0.6) is 0 Å². The number of halogens is 1. The predicted molar refractivity (Wildman–Crippen MR) is 105 cm³/mol. The fourth-order valence-corrected chi connectivity index (χ4v) is 3.14. The molecule has 146 valence electrons. The van der Waals surface area contributed by atoms with Crippen molar-refractivity contribution in [2.45, 2.75) is 6.54 Å². The predicted octanol–water partition coefficient (Wildman–Crippen LogP) is 3.03. The lowest BCUT2D eigenvalue weighted by Gasteiger charge is -2.15. The van der Waals surface area contributed by atoms with Crippen molar-refractivity contribution in [3.05, 3.63) is 65.0 Å². The smallest absolute Gasteiger partial charge is 0.254 e. The fraction of sp³-hybridized carbons (Fsp3) is 0.167. The molecule has 0 aliphatic rings. The molecule has 0 bridgehead atoms. The van der Waals surface area contributed by atoms with Crippen LogP contribution in [0.15, 0.2) is 53.1 Å². The van der Waals surface area contributed by atoms with Gasteiger partial charge in [0.05, 0.1) is 12.8 Å². The number of amides is 1. The highest BCUT2D eigenvalue weighted by Crippen LogP contribution is 2.19. The van der Waals surface area contributed by atoms with Crippen molar-refractivity contribution < 1.29 is 17.7 Å². The highest BCUT2D eigenvalue weighted by Gasteiger charge is 2.17. The summed E-state index contributed by atoms with van der Waals surface area (Å²) in [6, 6.07) is 13.2. The van der Waals surface area contributed by atoms with Crippen molar-refractivity contribution in [2.75, 3.05) is 18.0 Å². The van der Waals surface area contributed by atoms with Gasteiger partial charge >= 0.3 is 0 Å². The SMILES string of the molecule is CN(Cc1nc(-c2ccc(Cl)cc2)no1)C(=O)c1cccc(NS(C)(=O)=O)c1. The van der Waals surface area contributed by atoms with Crippen LogP contribution < -0.4 is 4.72 Å². The third-order valence-corrected chi connectivity index (χ3v) is 4.56. The zero-order valence-electron chi connectivity index (χ0n) is 15.1.